The van der Waals surface area contributed by atoms with Crippen molar-refractivity contribution in [3.63, 3.8) is 0 Å². The van der Waals surface area contributed by atoms with Gasteiger partial charge in [-0.3, -0.25) is 0 Å². The molecule has 594 valence electrons. The molecular formula is C114H118N4. The van der Waals surface area contributed by atoms with Gasteiger partial charge in [-0.25, -0.2) is 0 Å². The van der Waals surface area contributed by atoms with Crippen molar-refractivity contribution < 1.29 is 0 Å². The van der Waals surface area contributed by atoms with Crippen LogP contribution >= 0.6 is 0 Å². The highest BCUT2D eigenvalue weighted by molar-refractivity contribution is 6.26. The van der Waals surface area contributed by atoms with E-state index in [4.69, 9.17) is 0 Å². The van der Waals surface area contributed by atoms with Crippen molar-refractivity contribution in [3.8, 4) is 0 Å². The molecule has 0 heterocycles. The first-order valence-electron chi connectivity index (χ1n) is 43.2. The van der Waals surface area contributed by atoms with Crippen LogP contribution in [0.2, 0.25) is 0 Å². The van der Waals surface area contributed by atoms with Crippen LogP contribution in [0.4, 0.5) is 68.2 Å². The van der Waals surface area contributed by atoms with Gasteiger partial charge in [0.15, 0.2) is 0 Å². The maximum Gasteiger partial charge on any atom is 0.0546 e. The van der Waals surface area contributed by atoms with Crippen molar-refractivity contribution >= 4 is 133 Å². The van der Waals surface area contributed by atoms with Crippen molar-refractivity contribution in [1.82, 2.24) is 0 Å². The second-order valence-electron chi connectivity index (χ2n) is 36.0. The van der Waals surface area contributed by atoms with Gasteiger partial charge in [-0.05, 0) is 441 Å². The van der Waals surface area contributed by atoms with Crippen molar-refractivity contribution in [2.24, 2.45) is 0 Å². The highest BCUT2D eigenvalue weighted by Gasteiger charge is 2.29. The predicted molar refractivity (Wildman–Crippen MR) is 516 cm³/mol. The number of hydrogen-bond acceptors (Lipinski definition) is 4. The molecule has 0 spiro atoms. The van der Waals surface area contributed by atoms with Gasteiger partial charge in [-0.15, -0.1) is 0 Å². The fourth-order valence-electron chi connectivity index (χ4n) is 18.7. The lowest BCUT2D eigenvalue weighted by atomic mass is 9.88. The molecule has 0 radical (unpaired) electrons. The van der Waals surface area contributed by atoms with Crippen LogP contribution in [0, 0.1) is 118 Å². The molecule has 0 N–H and O–H groups in total. The number of benzene rings is 16. The Morgan fingerprint density at radius 1 is 0.195 bits per heavy atom. The minimum atomic E-state index is 0.205. The maximum atomic E-state index is 2.62. The average Bonchev–Trinajstić information content (AvgIpc) is 0.725. The van der Waals surface area contributed by atoms with Crippen LogP contribution in [-0.4, -0.2) is 0 Å². The second-order valence-corrected chi connectivity index (χ2v) is 36.0. The standard InChI is InChI=1S/C114H118N4/c1-65(2)87-54-88(66(3)4)58-97(57-87)117(94-49-75(14)83(22)76(15)50-94)113-63-109-102-36-28-32-40-106(102)114(64-110(109)101-35-27-31-39-105(101)113)118(95-51-77(16)84(23)78(17)52-95)98-59-89(67(5)6)55-90(60-98)68(7)41-42-86-56-96(53-79(18)85(86)24)116(93-47-73(12)82(21)74(13)48-93)112-62-108-99-33-25-29-37-103(99)111(61-107(108)100-34-26-30-38-104(100)112)115(91-43-69(8)80(19)70(9)44-91)92-45-71(10)81(20)72(11)46-92/h25-40,43-68H,41-42H2,1-24H3. The Balaban J connectivity index is 0.834. The van der Waals surface area contributed by atoms with E-state index in [-0.39, 0.29) is 11.8 Å². The largest absolute Gasteiger partial charge is 0.310 e. The van der Waals surface area contributed by atoms with Gasteiger partial charge in [0.2, 0.25) is 0 Å². The minimum Gasteiger partial charge on any atom is -0.310 e. The Morgan fingerprint density at radius 3 is 0.627 bits per heavy atom. The number of aryl methyl sites for hydroxylation is 12. The number of hydrogen-bond donors (Lipinski definition) is 0. The monoisotopic (exact) mass is 1540 g/mol. The molecule has 0 amide bonds. The molecule has 1 unspecified atom stereocenters. The number of nitrogens with zero attached hydrogens (tertiary/aromatic N) is 4. The molecule has 0 aliphatic carbocycles. The third-order valence-electron chi connectivity index (χ3n) is 27.4. The molecule has 1 atom stereocenters. The molecule has 0 aliphatic rings. The topological polar surface area (TPSA) is 13.0 Å². The Morgan fingerprint density at radius 2 is 0.390 bits per heavy atom. The fraction of sp³-hybridized carbons (Fsp3) is 0.263. The first-order valence-corrected chi connectivity index (χ1v) is 43.2. The maximum absolute atomic E-state index is 2.62. The molecule has 4 heteroatoms. The summed E-state index contributed by atoms with van der Waals surface area (Å²) in [5.41, 5.74) is 42.9. The Bertz CT molecular complexity index is 6530. The first kappa shape index (κ1) is 80.1. The zero-order chi connectivity index (χ0) is 83.5. The molecule has 0 aliphatic heterocycles. The summed E-state index contributed by atoms with van der Waals surface area (Å²) in [5, 5.41) is 14.6. The third-order valence-corrected chi connectivity index (χ3v) is 27.4. The SMILES string of the molecule is Cc1cc(N(c2cc(C(C)C)cc(C(C)C)c2)c2cc3c4ccccc4c(N(c4cc(C(C)C)cc(C(C)CCc5cc(N(c6cc(C)c(C)c(C)c6)c6cc7c8ccccc8c(N(c8cc(C)c(C)c(C)c8)c8cc(C)c(C)c(C)c8)cc7c7ccccc67)cc(C)c5C)c4)c4cc(C)c(C)c(C)c4)cc3c3ccccc23)cc(C)c1C. The lowest BCUT2D eigenvalue weighted by Crippen LogP contribution is -2.14. The molecule has 0 saturated carbocycles. The molecule has 0 bridgehead atoms. The molecule has 16 aromatic rings. The van der Waals surface area contributed by atoms with Gasteiger partial charge in [0, 0.05) is 67.0 Å². The van der Waals surface area contributed by atoms with E-state index in [1.165, 1.54) is 233 Å². The van der Waals surface area contributed by atoms with E-state index in [0.717, 1.165) is 35.6 Å². The van der Waals surface area contributed by atoms with Gasteiger partial charge in [-0.1, -0.05) is 158 Å². The Kier molecular flexibility index (Phi) is 21.5. The number of rotatable bonds is 19. The van der Waals surface area contributed by atoms with Crippen LogP contribution in [0.5, 0.6) is 0 Å². The van der Waals surface area contributed by atoms with Gasteiger partial charge in [-0.2, -0.15) is 0 Å². The Hall–Kier alpha value is -11.7. The first-order chi connectivity index (χ1) is 56.4. The molecule has 16 aromatic carbocycles. The van der Waals surface area contributed by atoms with E-state index in [1.54, 1.807) is 0 Å². The van der Waals surface area contributed by atoms with E-state index in [2.05, 4.69) is 416 Å². The molecule has 4 nitrogen and oxygen atoms in total. The van der Waals surface area contributed by atoms with E-state index in [9.17, 15) is 0 Å². The van der Waals surface area contributed by atoms with E-state index < -0.39 is 0 Å². The summed E-state index contributed by atoms with van der Waals surface area (Å²) in [6.45, 7) is 55.2. The van der Waals surface area contributed by atoms with Crippen LogP contribution in [0.25, 0.3) is 64.6 Å². The Labute approximate surface area is 703 Å². The van der Waals surface area contributed by atoms with Crippen LogP contribution in [0.1, 0.15) is 201 Å². The summed E-state index contributed by atoms with van der Waals surface area (Å²) in [6.07, 6.45) is 1.86. The van der Waals surface area contributed by atoms with Crippen LogP contribution in [-0.2, 0) is 6.42 Å². The van der Waals surface area contributed by atoms with E-state index in [1.807, 2.05) is 0 Å². The lowest BCUT2D eigenvalue weighted by molar-refractivity contribution is 0.675. The normalized spacial score (nSPS) is 12.2. The zero-order valence-corrected chi connectivity index (χ0v) is 74.5. The van der Waals surface area contributed by atoms with Crippen LogP contribution in [0.3, 0.4) is 0 Å². The number of fused-ring (bicyclic) bond motifs is 10. The summed E-state index contributed by atoms with van der Waals surface area (Å²) >= 11 is 0. The average molecular weight is 1540 g/mol. The molecule has 16 rings (SSSR count). The molecule has 0 fully saturated rings. The van der Waals surface area contributed by atoms with Crippen molar-refractivity contribution in [1.29, 1.82) is 0 Å². The summed E-state index contributed by atoms with van der Waals surface area (Å²) in [7, 11) is 0. The van der Waals surface area contributed by atoms with Gasteiger partial charge in [0.1, 0.15) is 0 Å². The zero-order valence-electron chi connectivity index (χ0n) is 74.5. The highest BCUT2D eigenvalue weighted by Crippen LogP contribution is 2.53. The van der Waals surface area contributed by atoms with E-state index in [0.29, 0.717) is 11.8 Å². The molecular weight excluding hydrogens is 1430 g/mol. The predicted octanol–water partition coefficient (Wildman–Crippen LogP) is 33.8. The number of anilines is 12. The van der Waals surface area contributed by atoms with Crippen LogP contribution in [0.15, 0.2) is 231 Å². The summed E-state index contributed by atoms with van der Waals surface area (Å²) < 4.78 is 0. The smallest absolute Gasteiger partial charge is 0.0546 e. The van der Waals surface area contributed by atoms with Gasteiger partial charge < -0.3 is 19.6 Å². The minimum absolute atomic E-state index is 0.205. The summed E-state index contributed by atoms with van der Waals surface area (Å²) in [4.78, 5) is 10.3. The fourth-order valence-corrected chi connectivity index (χ4v) is 18.7. The van der Waals surface area contributed by atoms with Gasteiger partial charge in [0.05, 0.1) is 22.7 Å². The van der Waals surface area contributed by atoms with E-state index >= 15 is 0 Å². The van der Waals surface area contributed by atoms with Gasteiger partial charge in [0.25, 0.3) is 0 Å². The molecule has 0 saturated heterocycles. The summed E-state index contributed by atoms with van der Waals surface area (Å²) in [5.74, 6) is 1.19. The highest BCUT2D eigenvalue weighted by atomic mass is 15.2. The van der Waals surface area contributed by atoms with Crippen molar-refractivity contribution in [2.45, 2.75) is 203 Å². The van der Waals surface area contributed by atoms with Crippen LogP contribution < -0.4 is 19.6 Å². The quantitative estimate of drug-likeness (QED) is 0.0748. The third kappa shape index (κ3) is 14.5. The molecule has 118 heavy (non-hydrogen) atoms. The lowest BCUT2D eigenvalue weighted by Gasteiger charge is -2.32. The summed E-state index contributed by atoms with van der Waals surface area (Å²) in [6, 6.07) is 90.9. The molecule has 0 aromatic heterocycles. The van der Waals surface area contributed by atoms with Crippen molar-refractivity contribution in [2.75, 3.05) is 19.6 Å². The second kappa shape index (κ2) is 31.6. The van der Waals surface area contributed by atoms with Crippen molar-refractivity contribution in [3.05, 3.63) is 353 Å². The van der Waals surface area contributed by atoms with Gasteiger partial charge >= 0.3 is 0 Å².